The summed E-state index contributed by atoms with van der Waals surface area (Å²) in [7, 11) is 0. The first-order valence-corrected chi connectivity index (χ1v) is 4.18. The average Bonchev–Trinajstić information content (AvgIpc) is 2.61. The van der Waals surface area contributed by atoms with Crippen LogP contribution in [-0.4, -0.2) is 11.9 Å². The van der Waals surface area contributed by atoms with Crippen molar-refractivity contribution in [1.29, 1.82) is 0 Å². The molecule has 1 saturated carbocycles. The molecule has 0 aromatic rings. The first kappa shape index (κ1) is 6.89. The smallest absolute Gasteiger partial charge is 0.0943 e. The van der Waals surface area contributed by atoms with Gasteiger partial charge in [-0.25, -0.2) is 0 Å². The van der Waals surface area contributed by atoms with Crippen molar-refractivity contribution in [1.82, 2.24) is 0 Å². The molecule has 0 aromatic carbocycles. The number of nitrogens with zero attached hydrogens (tertiary/aromatic N) is 1. The van der Waals surface area contributed by atoms with Crippen LogP contribution >= 0.6 is 0 Å². The molecule has 4 unspecified atom stereocenters. The Bertz CT molecular complexity index is 220. The van der Waals surface area contributed by atoms with Gasteiger partial charge in [-0.2, -0.15) is 0 Å². The second kappa shape index (κ2) is 2.10. The third-order valence-corrected chi connectivity index (χ3v) is 2.87. The molecule has 2 heteroatoms. The van der Waals surface area contributed by atoms with E-state index in [2.05, 4.69) is 18.5 Å². The number of amidine groups is 1. The lowest BCUT2D eigenvalue weighted by atomic mass is 9.98. The number of hydrogen-bond acceptors (Lipinski definition) is 2. The van der Waals surface area contributed by atoms with Crippen LogP contribution in [0.5, 0.6) is 0 Å². The summed E-state index contributed by atoms with van der Waals surface area (Å²) in [4.78, 5) is 4.38. The molecule has 2 aliphatic rings. The number of nitrogens with two attached hydrogens (primary N) is 1. The topological polar surface area (TPSA) is 38.4 Å². The number of rotatable bonds is 1. The Balaban J connectivity index is 2.17. The Morgan fingerprint density at radius 2 is 2.45 bits per heavy atom. The van der Waals surface area contributed by atoms with E-state index in [1.807, 2.05) is 6.08 Å². The molecule has 2 N–H and O–H groups in total. The number of hydrogen-bond donors (Lipinski definition) is 1. The molecule has 1 fully saturated rings. The lowest BCUT2D eigenvalue weighted by molar-refractivity contribution is 0.488. The Labute approximate surface area is 67.2 Å². The highest BCUT2D eigenvalue weighted by atomic mass is 15.0. The van der Waals surface area contributed by atoms with Gasteiger partial charge in [0, 0.05) is 12.3 Å². The molecular weight excluding hydrogens is 136 g/mol. The SMILES string of the molecule is C=CC1C2N=C(N)CC(C)C12. The molecule has 0 radical (unpaired) electrons. The van der Waals surface area contributed by atoms with Crippen molar-refractivity contribution in [3.63, 3.8) is 0 Å². The second-order valence-corrected chi connectivity index (χ2v) is 3.68. The standard InChI is InChI=1S/C9H14N2/c1-3-6-8-5(2)4-7(10)11-9(6)8/h3,5-6,8-9H,1,4H2,2H3,(H2,10,11). The molecule has 0 amide bonds. The van der Waals surface area contributed by atoms with Crippen LogP contribution < -0.4 is 5.73 Å². The molecule has 2 nitrogen and oxygen atoms in total. The van der Waals surface area contributed by atoms with Gasteiger partial charge in [-0.1, -0.05) is 13.0 Å². The van der Waals surface area contributed by atoms with E-state index in [4.69, 9.17) is 5.73 Å². The second-order valence-electron chi connectivity index (χ2n) is 3.68. The summed E-state index contributed by atoms with van der Waals surface area (Å²) in [6, 6.07) is 0.483. The zero-order chi connectivity index (χ0) is 8.01. The molecule has 0 spiro atoms. The highest BCUT2D eigenvalue weighted by Crippen LogP contribution is 2.51. The van der Waals surface area contributed by atoms with Gasteiger partial charge in [0.25, 0.3) is 0 Å². The van der Waals surface area contributed by atoms with Crippen molar-refractivity contribution in [2.24, 2.45) is 28.5 Å². The fourth-order valence-electron chi connectivity index (χ4n) is 2.24. The summed E-state index contributed by atoms with van der Waals surface area (Å²) in [5.74, 6) is 2.91. The molecule has 1 heterocycles. The predicted octanol–water partition coefficient (Wildman–Crippen LogP) is 1.18. The fourth-order valence-corrected chi connectivity index (χ4v) is 2.24. The molecule has 60 valence electrons. The third kappa shape index (κ3) is 0.889. The van der Waals surface area contributed by atoms with E-state index in [1.54, 1.807) is 0 Å². The zero-order valence-corrected chi connectivity index (χ0v) is 6.83. The molecule has 0 bridgehead atoms. The van der Waals surface area contributed by atoms with Gasteiger partial charge in [0.1, 0.15) is 0 Å². The van der Waals surface area contributed by atoms with Crippen LogP contribution in [0.15, 0.2) is 17.6 Å². The summed E-state index contributed by atoms with van der Waals surface area (Å²) in [5.41, 5.74) is 5.67. The van der Waals surface area contributed by atoms with Crippen LogP contribution in [0.1, 0.15) is 13.3 Å². The van der Waals surface area contributed by atoms with Gasteiger partial charge in [0.15, 0.2) is 0 Å². The van der Waals surface area contributed by atoms with Crippen LogP contribution in [0, 0.1) is 17.8 Å². The van der Waals surface area contributed by atoms with Gasteiger partial charge in [-0.15, -0.1) is 6.58 Å². The number of aliphatic imine (C=N–C) groups is 1. The van der Waals surface area contributed by atoms with E-state index in [-0.39, 0.29) is 0 Å². The minimum atomic E-state index is 0.483. The molecule has 0 aromatic heterocycles. The highest BCUT2D eigenvalue weighted by molar-refractivity contribution is 5.82. The zero-order valence-electron chi connectivity index (χ0n) is 6.83. The summed E-state index contributed by atoms with van der Waals surface area (Å²) in [6.45, 7) is 6.05. The van der Waals surface area contributed by atoms with E-state index >= 15 is 0 Å². The maximum atomic E-state index is 5.67. The number of fused-ring (bicyclic) bond motifs is 1. The monoisotopic (exact) mass is 150 g/mol. The Morgan fingerprint density at radius 1 is 1.73 bits per heavy atom. The van der Waals surface area contributed by atoms with Crippen LogP contribution in [-0.2, 0) is 0 Å². The molecular formula is C9H14N2. The largest absolute Gasteiger partial charge is 0.387 e. The van der Waals surface area contributed by atoms with E-state index in [0.717, 1.165) is 18.2 Å². The summed E-state index contributed by atoms with van der Waals surface area (Å²) in [5, 5.41) is 0. The van der Waals surface area contributed by atoms with Crippen molar-refractivity contribution in [3.05, 3.63) is 12.7 Å². The summed E-state index contributed by atoms with van der Waals surface area (Å²) >= 11 is 0. The Hall–Kier alpha value is -0.790. The van der Waals surface area contributed by atoms with Gasteiger partial charge in [-0.3, -0.25) is 4.99 Å². The first-order valence-electron chi connectivity index (χ1n) is 4.18. The third-order valence-electron chi connectivity index (χ3n) is 2.87. The Kier molecular flexibility index (Phi) is 1.31. The van der Waals surface area contributed by atoms with Crippen molar-refractivity contribution < 1.29 is 0 Å². The van der Waals surface area contributed by atoms with Gasteiger partial charge in [-0.05, 0) is 11.8 Å². The normalized spacial score (nSPS) is 47.5. The molecule has 1 aliphatic carbocycles. The van der Waals surface area contributed by atoms with E-state index in [1.165, 1.54) is 0 Å². The molecule has 0 saturated heterocycles. The van der Waals surface area contributed by atoms with E-state index in [0.29, 0.717) is 17.9 Å². The van der Waals surface area contributed by atoms with Crippen LogP contribution in [0.3, 0.4) is 0 Å². The Morgan fingerprint density at radius 3 is 3.09 bits per heavy atom. The lowest BCUT2D eigenvalue weighted by Crippen LogP contribution is -2.22. The van der Waals surface area contributed by atoms with Crippen LogP contribution in [0.25, 0.3) is 0 Å². The molecule has 2 rings (SSSR count). The minimum Gasteiger partial charge on any atom is -0.387 e. The van der Waals surface area contributed by atoms with Gasteiger partial charge < -0.3 is 5.73 Å². The van der Waals surface area contributed by atoms with Crippen LogP contribution in [0.4, 0.5) is 0 Å². The summed E-state index contributed by atoms with van der Waals surface area (Å²) < 4.78 is 0. The van der Waals surface area contributed by atoms with Gasteiger partial charge >= 0.3 is 0 Å². The van der Waals surface area contributed by atoms with Crippen molar-refractivity contribution >= 4 is 5.84 Å². The van der Waals surface area contributed by atoms with Crippen molar-refractivity contribution in [2.75, 3.05) is 0 Å². The fraction of sp³-hybridized carbons (Fsp3) is 0.667. The molecule has 11 heavy (non-hydrogen) atoms. The predicted molar refractivity (Wildman–Crippen MR) is 46.4 cm³/mol. The van der Waals surface area contributed by atoms with Crippen molar-refractivity contribution in [3.8, 4) is 0 Å². The van der Waals surface area contributed by atoms with Crippen molar-refractivity contribution in [2.45, 2.75) is 19.4 Å². The van der Waals surface area contributed by atoms with E-state index in [9.17, 15) is 0 Å². The van der Waals surface area contributed by atoms with Gasteiger partial charge in [0.05, 0.1) is 11.9 Å². The highest BCUT2D eigenvalue weighted by Gasteiger charge is 2.53. The first-order chi connectivity index (χ1) is 5.24. The quantitative estimate of drug-likeness (QED) is 0.560. The van der Waals surface area contributed by atoms with E-state index < -0.39 is 0 Å². The van der Waals surface area contributed by atoms with Gasteiger partial charge in [0.2, 0.25) is 0 Å². The lowest BCUT2D eigenvalue weighted by Gasteiger charge is -2.13. The maximum absolute atomic E-state index is 5.67. The maximum Gasteiger partial charge on any atom is 0.0943 e. The average molecular weight is 150 g/mol. The van der Waals surface area contributed by atoms with Crippen LogP contribution in [0.2, 0.25) is 0 Å². The summed E-state index contributed by atoms with van der Waals surface area (Å²) in [6.07, 6.45) is 3.00. The minimum absolute atomic E-state index is 0.483. The molecule has 1 aliphatic heterocycles. The molecule has 4 atom stereocenters.